The van der Waals surface area contributed by atoms with Crippen LogP contribution in [0.15, 0.2) is 23.1 Å². The van der Waals surface area contributed by atoms with Crippen molar-refractivity contribution < 1.29 is 22.7 Å². The van der Waals surface area contributed by atoms with Crippen molar-refractivity contribution in [2.75, 3.05) is 13.2 Å². The van der Waals surface area contributed by atoms with Crippen molar-refractivity contribution in [3.05, 3.63) is 18.2 Å². The second-order valence-corrected chi connectivity index (χ2v) is 6.95. The van der Waals surface area contributed by atoms with E-state index in [1.165, 1.54) is 18.2 Å². The van der Waals surface area contributed by atoms with Gasteiger partial charge in [-0.15, -0.1) is 0 Å². The first-order chi connectivity index (χ1) is 10.4. The highest BCUT2D eigenvalue weighted by Crippen LogP contribution is 2.38. The first kappa shape index (κ1) is 16.6. The van der Waals surface area contributed by atoms with E-state index < -0.39 is 15.9 Å². The van der Waals surface area contributed by atoms with Crippen molar-refractivity contribution in [2.45, 2.75) is 32.1 Å². The summed E-state index contributed by atoms with van der Waals surface area (Å²) >= 11 is 0. The van der Waals surface area contributed by atoms with E-state index >= 15 is 0 Å². The number of rotatable bonds is 7. The molecule has 2 rings (SSSR count). The molecule has 1 aromatic rings. The summed E-state index contributed by atoms with van der Waals surface area (Å²) in [6.45, 7) is 6.38. The monoisotopic (exact) mass is 327 g/mol. The van der Waals surface area contributed by atoms with Gasteiger partial charge in [0.15, 0.2) is 11.5 Å². The average molecular weight is 327 g/mol. The number of nitrogens with one attached hydrogen (secondary N) is 1. The van der Waals surface area contributed by atoms with Gasteiger partial charge in [0.1, 0.15) is 0 Å². The number of amides is 1. The third-order valence-corrected chi connectivity index (χ3v) is 4.85. The molecular weight excluding hydrogens is 306 g/mol. The molecule has 0 saturated heterocycles. The lowest BCUT2D eigenvalue weighted by molar-refractivity contribution is -0.120. The van der Waals surface area contributed by atoms with E-state index in [1.807, 2.05) is 13.8 Å². The maximum Gasteiger partial charge on any atom is 0.264 e. The number of sulfonamides is 1. The zero-order valence-electron chi connectivity index (χ0n) is 13.0. The van der Waals surface area contributed by atoms with Crippen LogP contribution in [0.1, 0.15) is 27.2 Å². The van der Waals surface area contributed by atoms with E-state index in [-0.39, 0.29) is 16.7 Å². The van der Waals surface area contributed by atoms with E-state index in [2.05, 4.69) is 4.72 Å². The summed E-state index contributed by atoms with van der Waals surface area (Å²) in [4.78, 5) is 11.8. The van der Waals surface area contributed by atoms with Crippen LogP contribution in [0.25, 0.3) is 0 Å². The SMILES string of the molecule is CCOc1ccc(S(=O)(=O)NC(=O)C2CC2C)cc1OCC. The lowest BCUT2D eigenvalue weighted by Gasteiger charge is -2.13. The average Bonchev–Trinajstić information content (AvgIpc) is 3.18. The summed E-state index contributed by atoms with van der Waals surface area (Å²) < 4.78 is 37.5. The molecule has 122 valence electrons. The molecule has 7 heteroatoms. The van der Waals surface area contributed by atoms with Crippen LogP contribution in [0.5, 0.6) is 11.5 Å². The van der Waals surface area contributed by atoms with Gasteiger partial charge in [-0.05, 0) is 38.3 Å². The highest BCUT2D eigenvalue weighted by atomic mass is 32.2. The molecule has 22 heavy (non-hydrogen) atoms. The molecule has 1 saturated carbocycles. The van der Waals surface area contributed by atoms with Crippen molar-refractivity contribution in [1.29, 1.82) is 0 Å². The maximum atomic E-state index is 12.3. The molecule has 0 spiro atoms. The van der Waals surface area contributed by atoms with Gasteiger partial charge < -0.3 is 9.47 Å². The van der Waals surface area contributed by atoms with Crippen LogP contribution >= 0.6 is 0 Å². The predicted octanol–water partition coefficient (Wildman–Crippen LogP) is 1.94. The van der Waals surface area contributed by atoms with Gasteiger partial charge >= 0.3 is 0 Å². The maximum absolute atomic E-state index is 12.3. The number of carbonyl (C=O) groups is 1. The molecule has 1 aliphatic rings. The quantitative estimate of drug-likeness (QED) is 0.828. The molecule has 1 fully saturated rings. The summed E-state index contributed by atoms with van der Waals surface area (Å²) in [6.07, 6.45) is 0.731. The van der Waals surface area contributed by atoms with E-state index in [9.17, 15) is 13.2 Å². The molecule has 0 bridgehead atoms. The van der Waals surface area contributed by atoms with Gasteiger partial charge in [-0.3, -0.25) is 4.79 Å². The van der Waals surface area contributed by atoms with Crippen LogP contribution < -0.4 is 14.2 Å². The number of carbonyl (C=O) groups excluding carboxylic acids is 1. The topological polar surface area (TPSA) is 81.7 Å². The minimum absolute atomic E-state index is 0.0129. The molecule has 1 amide bonds. The zero-order valence-corrected chi connectivity index (χ0v) is 13.8. The summed E-state index contributed by atoms with van der Waals surface area (Å²) in [6, 6.07) is 4.31. The van der Waals surface area contributed by atoms with Crippen molar-refractivity contribution in [3.63, 3.8) is 0 Å². The molecule has 2 atom stereocenters. The summed E-state index contributed by atoms with van der Waals surface area (Å²) in [5.41, 5.74) is 0. The Kier molecular flexibility index (Phi) is 4.95. The lowest BCUT2D eigenvalue weighted by atomic mass is 10.3. The van der Waals surface area contributed by atoms with Gasteiger partial charge in [-0.2, -0.15) is 0 Å². The lowest BCUT2D eigenvalue weighted by Crippen LogP contribution is -2.32. The largest absolute Gasteiger partial charge is 0.490 e. The predicted molar refractivity (Wildman–Crippen MR) is 81.4 cm³/mol. The highest BCUT2D eigenvalue weighted by molar-refractivity contribution is 7.90. The molecule has 0 aliphatic heterocycles. The first-order valence-electron chi connectivity index (χ1n) is 7.35. The molecule has 2 unspecified atom stereocenters. The normalized spacial score (nSPS) is 20.3. The highest BCUT2D eigenvalue weighted by Gasteiger charge is 2.40. The third-order valence-electron chi connectivity index (χ3n) is 3.51. The first-order valence-corrected chi connectivity index (χ1v) is 8.83. The van der Waals surface area contributed by atoms with Gasteiger partial charge in [-0.1, -0.05) is 6.92 Å². The van der Waals surface area contributed by atoms with Crippen molar-refractivity contribution in [1.82, 2.24) is 4.72 Å². The van der Waals surface area contributed by atoms with Crippen molar-refractivity contribution in [3.8, 4) is 11.5 Å². The fourth-order valence-electron chi connectivity index (χ4n) is 2.15. The van der Waals surface area contributed by atoms with Gasteiger partial charge in [0.05, 0.1) is 18.1 Å². The Bertz CT molecular complexity index is 656. The van der Waals surface area contributed by atoms with Gasteiger partial charge in [0, 0.05) is 12.0 Å². The number of hydrogen-bond donors (Lipinski definition) is 1. The van der Waals surface area contributed by atoms with E-state index in [4.69, 9.17) is 9.47 Å². The van der Waals surface area contributed by atoms with Gasteiger partial charge in [-0.25, -0.2) is 13.1 Å². The standard InChI is InChI=1S/C15H21NO5S/c1-4-20-13-7-6-11(9-14(13)21-5-2)22(18,19)16-15(17)12-8-10(12)3/h6-7,9-10,12H,4-5,8H2,1-3H3,(H,16,17). The molecule has 0 aromatic heterocycles. The van der Waals surface area contributed by atoms with Crippen molar-refractivity contribution >= 4 is 15.9 Å². The fourth-order valence-corrected chi connectivity index (χ4v) is 3.20. The fraction of sp³-hybridized carbons (Fsp3) is 0.533. The molecule has 0 radical (unpaired) electrons. The summed E-state index contributed by atoms with van der Waals surface area (Å²) in [5, 5.41) is 0. The molecule has 6 nitrogen and oxygen atoms in total. The smallest absolute Gasteiger partial charge is 0.264 e. The summed E-state index contributed by atoms with van der Waals surface area (Å²) in [5.74, 6) is 0.419. The Labute approximate surface area is 130 Å². The van der Waals surface area contributed by atoms with Crippen LogP contribution in [0, 0.1) is 11.8 Å². The van der Waals surface area contributed by atoms with E-state index in [0.717, 1.165) is 6.42 Å². The molecule has 1 aliphatic carbocycles. The Morgan fingerprint density at radius 2 is 1.82 bits per heavy atom. The van der Waals surface area contributed by atoms with Gasteiger partial charge in [0.25, 0.3) is 10.0 Å². The van der Waals surface area contributed by atoms with Crippen LogP contribution in [-0.2, 0) is 14.8 Å². The Balaban J connectivity index is 2.22. The van der Waals surface area contributed by atoms with Crippen LogP contribution in [0.2, 0.25) is 0 Å². The van der Waals surface area contributed by atoms with E-state index in [1.54, 1.807) is 6.92 Å². The summed E-state index contributed by atoms with van der Waals surface area (Å²) in [7, 11) is -3.90. The molecule has 1 aromatic carbocycles. The number of benzene rings is 1. The van der Waals surface area contributed by atoms with Crippen LogP contribution in [-0.4, -0.2) is 27.5 Å². The second-order valence-electron chi connectivity index (χ2n) is 5.26. The minimum atomic E-state index is -3.90. The van der Waals surface area contributed by atoms with Crippen molar-refractivity contribution in [2.24, 2.45) is 11.8 Å². The van der Waals surface area contributed by atoms with Crippen LogP contribution in [0.3, 0.4) is 0 Å². The number of ether oxygens (including phenoxy) is 2. The molecule has 0 heterocycles. The minimum Gasteiger partial charge on any atom is -0.490 e. The van der Waals surface area contributed by atoms with Crippen LogP contribution in [0.4, 0.5) is 0 Å². The Morgan fingerprint density at radius 1 is 1.23 bits per heavy atom. The Hall–Kier alpha value is -1.76. The zero-order chi connectivity index (χ0) is 16.3. The molecular formula is C15H21NO5S. The Morgan fingerprint density at radius 3 is 2.36 bits per heavy atom. The number of hydrogen-bond acceptors (Lipinski definition) is 5. The molecule has 1 N–H and O–H groups in total. The van der Waals surface area contributed by atoms with E-state index in [0.29, 0.717) is 24.7 Å². The second kappa shape index (κ2) is 6.56. The third kappa shape index (κ3) is 3.71. The van der Waals surface area contributed by atoms with Gasteiger partial charge in [0.2, 0.25) is 5.91 Å².